The van der Waals surface area contributed by atoms with Crippen LogP contribution in [-0.4, -0.2) is 157 Å². The van der Waals surface area contributed by atoms with Crippen LogP contribution in [0.5, 0.6) is 0 Å². The molecule has 4 saturated carbocycles. The molecule has 25 nitrogen and oxygen atoms in total. The Hall–Kier alpha value is -6.18. The highest BCUT2D eigenvalue weighted by Crippen LogP contribution is 2.76. The summed E-state index contributed by atoms with van der Waals surface area (Å²) in [5, 5.41) is 10.5. The average molecular weight is 1260 g/mol. The molecule has 3 aliphatic heterocycles. The Kier molecular flexibility index (Phi) is 20.0. The number of aliphatic carboxylic acids is 1. The van der Waals surface area contributed by atoms with Crippen LogP contribution >= 0.6 is 0 Å². The molecule has 89 heavy (non-hydrogen) atoms. The van der Waals surface area contributed by atoms with Gasteiger partial charge in [0.1, 0.15) is 18.8 Å². The van der Waals surface area contributed by atoms with Crippen LogP contribution in [0, 0.1) is 50.2 Å². The topological polar surface area (TPSA) is 320 Å². The number of allylic oxidation sites excluding steroid dienone is 2. The van der Waals surface area contributed by atoms with Crippen LogP contribution in [0.3, 0.4) is 0 Å². The molecule has 0 aromatic heterocycles. The zero-order chi connectivity index (χ0) is 65.8. The molecule has 0 unspecified atom stereocenters. The first-order valence-corrected chi connectivity index (χ1v) is 30.9. The van der Waals surface area contributed by atoms with Gasteiger partial charge in [0.2, 0.25) is 24.4 Å². The van der Waals surface area contributed by atoms with Crippen molar-refractivity contribution in [1.29, 1.82) is 0 Å². The van der Waals surface area contributed by atoms with Gasteiger partial charge in [-0.1, -0.05) is 60.1 Å². The molecule has 21 atom stereocenters. The van der Waals surface area contributed by atoms with E-state index in [0.717, 1.165) is 67.4 Å². The van der Waals surface area contributed by atoms with E-state index < -0.39 is 174 Å². The summed E-state index contributed by atoms with van der Waals surface area (Å²) in [5.74, 6) is -9.11. The summed E-state index contributed by atoms with van der Waals surface area (Å²) >= 11 is 0. The summed E-state index contributed by atoms with van der Waals surface area (Å²) in [6.07, 6.45) is -9.88. The van der Waals surface area contributed by atoms with Gasteiger partial charge in [-0.3, -0.25) is 43.2 Å². The van der Waals surface area contributed by atoms with Crippen molar-refractivity contribution in [2.75, 3.05) is 6.61 Å². The zero-order valence-corrected chi connectivity index (χ0v) is 54.0. The van der Waals surface area contributed by atoms with E-state index in [9.17, 15) is 48.3 Å². The quantitative estimate of drug-likeness (QED) is 0.0925. The number of carbonyl (C=O) groups is 10. The SMILES string of the molecule is CC(=O)OC[C@H]1O[C@@H](OC(=O)[C@]23CCC(C)(C)C[C@H]2C2=CC[C@@H]4[C@@]5(C)CC[C@H](O[C@H]6OC(C(=O)O)=C[C@@H](O[C@@H]7O[C@@H](C)[C@H](OC(C)=O)[C@@H](OC(C)=O)[C@H]7OC(C)=O)[C@@H]6OC(C)=O)C(C)(C)[C@@H]5CC[C@@]4(C)[C@]2(C)CC3)[C@H](OC(C)=O)[C@@H](OC(C)=O)[C@@H]1OC(C)=O. The molecule has 3 heterocycles. The van der Waals surface area contributed by atoms with Gasteiger partial charge in [-0.25, -0.2) is 4.79 Å². The summed E-state index contributed by atoms with van der Waals surface area (Å²) in [7, 11) is 0. The largest absolute Gasteiger partial charge is 0.475 e. The Balaban J connectivity index is 1.07. The van der Waals surface area contributed by atoms with Gasteiger partial charge in [-0.05, 0) is 122 Å². The summed E-state index contributed by atoms with van der Waals surface area (Å²) in [6.45, 7) is 25.8. The molecular weight excluding hydrogens is 1170 g/mol. The molecule has 0 aromatic carbocycles. The first kappa shape index (κ1) is 68.7. The second-order valence-electron chi connectivity index (χ2n) is 27.8. The summed E-state index contributed by atoms with van der Waals surface area (Å²) < 4.78 is 83.2. The normalized spacial score (nSPS) is 40.0. The van der Waals surface area contributed by atoms with Crippen molar-refractivity contribution in [2.24, 2.45) is 50.2 Å². The van der Waals surface area contributed by atoms with E-state index in [-0.39, 0.29) is 34.0 Å². The summed E-state index contributed by atoms with van der Waals surface area (Å²) in [4.78, 5) is 129. The maximum absolute atomic E-state index is 15.5. The predicted octanol–water partition coefficient (Wildman–Crippen LogP) is 6.98. The van der Waals surface area contributed by atoms with E-state index in [1.807, 2.05) is 0 Å². The molecule has 5 aliphatic carbocycles. The minimum Gasteiger partial charge on any atom is -0.475 e. The predicted molar refractivity (Wildman–Crippen MR) is 304 cm³/mol. The molecule has 6 fully saturated rings. The van der Waals surface area contributed by atoms with E-state index in [1.165, 1.54) is 19.4 Å². The Labute approximate surface area is 518 Å². The zero-order valence-electron chi connectivity index (χ0n) is 54.0. The van der Waals surface area contributed by atoms with Crippen molar-refractivity contribution < 1.29 is 119 Å². The number of carboxylic acids is 1. The second-order valence-corrected chi connectivity index (χ2v) is 27.8. The third kappa shape index (κ3) is 13.6. The number of rotatable bonds is 16. The standard InChI is InChI=1S/C64H90O25/c1-30-47(78-32(3)66)50(81-35(6)69)52(83-37(8)71)56(77-30)85-41-27-42(54(73)74)86-55(49(41)80-34(5)68)88-46-20-21-61(14)44(60(46,12)13)19-22-63(16)45(61)18-17-39-40-28-59(10,11)23-25-64(40,26-24-62(39,63)15)58(75)89-57-53(84-38(9)72)51(82-36(7)70)48(79-33(4)67)43(87-57)29-76-31(2)65/h17,27,30,40-41,43-53,55-57H,18-26,28-29H2,1-16H3,(H,73,74)/t30-,40-,41+,43+,44-,45+,46-,47-,48+,49-,50+,51-,52+,53+,55+,56-,57-,61-,62+,63+,64-/m0/s1. The van der Waals surface area contributed by atoms with Crippen molar-refractivity contribution in [2.45, 2.75) is 261 Å². The number of esters is 9. The Morgan fingerprint density at radius 3 is 1.64 bits per heavy atom. The van der Waals surface area contributed by atoms with Crippen molar-refractivity contribution in [1.82, 2.24) is 0 Å². The van der Waals surface area contributed by atoms with Crippen molar-refractivity contribution >= 4 is 59.7 Å². The van der Waals surface area contributed by atoms with Gasteiger partial charge in [0.05, 0.1) is 17.6 Å². The third-order valence-electron chi connectivity index (χ3n) is 21.0. The molecule has 0 aromatic rings. The molecule has 2 saturated heterocycles. The lowest BCUT2D eigenvalue weighted by Crippen LogP contribution is -2.66. The fourth-order valence-corrected chi connectivity index (χ4v) is 17.0. The number of carbonyl (C=O) groups excluding carboxylic acids is 9. The smallest absolute Gasteiger partial charge is 0.371 e. The number of hydrogen-bond donors (Lipinski definition) is 1. The average Bonchev–Trinajstić information content (AvgIpc) is 0.678. The van der Waals surface area contributed by atoms with Crippen LogP contribution < -0.4 is 0 Å². The van der Waals surface area contributed by atoms with Crippen LogP contribution in [0.2, 0.25) is 0 Å². The van der Waals surface area contributed by atoms with Crippen LogP contribution in [0.25, 0.3) is 0 Å². The number of carboxylic acid groups (broad SMARTS) is 1. The maximum atomic E-state index is 15.5. The van der Waals surface area contributed by atoms with Gasteiger partial charge in [-0.2, -0.15) is 0 Å². The monoisotopic (exact) mass is 1260 g/mol. The first-order valence-electron chi connectivity index (χ1n) is 30.9. The molecule has 0 bridgehead atoms. The van der Waals surface area contributed by atoms with Gasteiger partial charge < -0.3 is 71.4 Å². The fraction of sp³-hybridized carbons (Fsp3) is 0.781. The van der Waals surface area contributed by atoms with E-state index in [4.69, 9.17) is 66.3 Å². The van der Waals surface area contributed by atoms with E-state index in [2.05, 4.69) is 54.5 Å². The molecule has 8 aliphatic rings. The number of fused-ring (bicyclic) bond motifs is 7. The fourth-order valence-electron chi connectivity index (χ4n) is 17.0. The summed E-state index contributed by atoms with van der Waals surface area (Å²) in [5.41, 5.74) is -1.68. The third-order valence-corrected chi connectivity index (χ3v) is 21.0. The van der Waals surface area contributed by atoms with Crippen molar-refractivity contribution in [3.63, 3.8) is 0 Å². The number of hydrogen-bond acceptors (Lipinski definition) is 24. The Morgan fingerprint density at radius 1 is 0.539 bits per heavy atom. The maximum Gasteiger partial charge on any atom is 0.371 e. The van der Waals surface area contributed by atoms with Gasteiger partial charge in [0.25, 0.3) is 0 Å². The Bertz CT molecular complexity index is 2860. The molecule has 8 rings (SSSR count). The molecule has 496 valence electrons. The second kappa shape index (κ2) is 25.8. The highest BCUT2D eigenvalue weighted by molar-refractivity contribution is 5.84. The van der Waals surface area contributed by atoms with Crippen LogP contribution in [0.4, 0.5) is 0 Å². The number of ether oxygens (including phenoxy) is 14. The van der Waals surface area contributed by atoms with Crippen molar-refractivity contribution in [3.8, 4) is 0 Å². The minimum atomic E-state index is -1.68. The molecule has 1 N–H and O–H groups in total. The molecule has 0 spiro atoms. The van der Waals surface area contributed by atoms with Gasteiger partial charge in [0, 0.05) is 55.4 Å². The highest BCUT2D eigenvalue weighted by atomic mass is 16.8. The Morgan fingerprint density at radius 2 is 1.07 bits per heavy atom. The van der Waals surface area contributed by atoms with Crippen LogP contribution in [0.15, 0.2) is 23.5 Å². The van der Waals surface area contributed by atoms with E-state index >= 15 is 4.79 Å². The molecule has 0 radical (unpaired) electrons. The minimum absolute atomic E-state index is 0.0283. The van der Waals surface area contributed by atoms with Crippen molar-refractivity contribution in [3.05, 3.63) is 23.5 Å². The highest BCUT2D eigenvalue weighted by Gasteiger charge is 2.70. The van der Waals surface area contributed by atoms with E-state index in [1.54, 1.807) is 0 Å². The van der Waals surface area contributed by atoms with Gasteiger partial charge >= 0.3 is 59.7 Å². The molecule has 25 heteroatoms. The summed E-state index contributed by atoms with van der Waals surface area (Å²) in [6, 6.07) is 0. The molecular formula is C64H90O25. The van der Waals surface area contributed by atoms with Crippen LogP contribution in [-0.2, 0) is 114 Å². The van der Waals surface area contributed by atoms with E-state index in [0.29, 0.717) is 51.4 Å². The van der Waals surface area contributed by atoms with Gasteiger partial charge in [-0.15, -0.1) is 0 Å². The van der Waals surface area contributed by atoms with Crippen LogP contribution in [0.1, 0.15) is 175 Å². The molecule has 0 amide bonds. The lowest BCUT2D eigenvalue weighted by atomic mass is 9.33. The van der Waals surface area contributed by atoms with Gasteiger partial charge in [0.15, 0.2) is 42.9 Å². The first-order chi connectivity index (χ1) is 41.4. The lowest BCUT2D eigenvalue weighted by molar-refractivity contribution is -0.326. The lowest BCUT2D eigenvalue weighted by Gasteiger charge is -2.71.